The van der Waals surface area contributed by atoms with E-state index in [-0.39, 0.29) is 0 Å². The van der Waals surface area contributed by atoms with Gasteiger partial charge in [-0.3, -0.25) is 0 Å². The second-order valence-corrected chi connectivity index (χ2v) is 4.06. The Morgan fingerprint density at radius 3 is 2.08 bits per heavy atom. The van der Waals surface area contributed by atoms with Crippen LogP contribution in [0.4, 0.5) is 0 Å². The van der Waals surface area contributed by atoms with E-state index in [2.05, 4.69) is 16.6 Å². The molecule has 0 fully saturated rings. The number of aliphatic hydroxyl groups is 1. The second-order valence-electron chi connectivity index (χ2n) is 4.06. The Morgan fingerprint density at radius 2 is 1.77 bits per heavy atom. The van der Waals surface area contributed by atoms with Gasteiger partial charge in [-0.05, 0) is 6.92 Å². The zero-order chi connectivity index (χ0) is 10.7. The number of hydrogen-bond acceptors (Lipinski definition) is 3. The van der Waals surface area contributed by atoms with E-state index in [0.29, 0.717) is 0 Å². The van der Waals surface area contributed by atoms with E-state index in [1.165, 1.54) is 7.11 Å². The third kappa shape index (κ3) is 3.47. The first kappa shape index (κ1) is 12.0. The van der Waals surface area contributed by atoms with E-state index in [9.17, 15) is 9.90 Å². The molecule has 3 nitrogen and oxygen atoms in total. The number of hydrogen-bond donors (Lipinski definition) is 1. The molecule has 0 aromatic rings. The number of ether oxygens (including phenoxy) is 1. The maximum absolute atomic E-state index is 10.7. The van der Waals surface area contributed by atoms with Gasteiger partial charge in [0.2, 0.25) is 0 Å². The van der Waals surface area contributed by atoms with Gasteiger partial charge in [-0.2, -0.15) is 0 Å². The molecule has 0 aliphatic rings. The summed E-state index contributed by atoms with van der Waals surface area (Å²) >= 11 is 0. The van der Waals surface area contributed by atoms with Crippen LogP contribution in [0.25, 0.3) is 0 Å². The Hall–Kier alpha value is -1.01. The van der Waals surface area contributed by atoms with Gasteiger partial charge in [-0.25, -0.2) is 4.79 Å². The fraction of sp³-hybridized carbons (Fsp3) is 0.700. The first-order valence-electron chi connectivity index (χ1n) is 4.04. The molecule has 0 heterocycles. The average Bonchev–Trinajstić information content (AvgIpc) is 1.98. The Morgan fingerprint density at radius 1 is 1.31 bits per heavy atom. The van der Waals surface area contributed by atoms with Crippen LogP contribution in [0.2, 0.25) is 0 Å². The number of rotatable bonds is 0. The Balaban J connectivity index is 4.66. The zero-order valence-electron chi connectivity index (χ0n) is 8.76. The molecule has 0 aromatic carbocycles. The zero-order valence-corrected chi connectivity index (χ0v) is 8.76. The van der Waals surface area contributed by atoms with Gasteiger partial charge in [0.1, 0.15) is 5.60 Å². The maximum Gasteiger partial charge on any atom is 0.384 e. The van der Waals surface area contributed by atoms with Gasteiger partial charge in [-0.15, -0.1) is 0 Å². The smallest absolute Gasteiger partial charge is 0.384 e. The second kappa shape index (κ2) is 3.80. The average molecular weight is 184 g/mol. The molecule has 1 unspecified atom stereocenters. The van der Waals surface area contributed by atoms with E-state index >= 15 is 0 Å². The third-order valence-electron chi connectivity index (χ3n) is 2.05. The summed E-state index contributed by atoms with van der Waals surface area (Å²) in [6.45, 7) is 7.11. The van der Waals surface area contributed by atoms with Crippen molar-refractivity contribution in [1.29, 1.82) is 0 Å². The maximum atomic E-state index is 10.7. The van der Waals surface area contributed by atoms with Crippen LogP contribution < -0.4 is 0 Å². The minimum Gasteiger partial charge on any atom is -0.459 e. The molecular formula is C10H16O3. The minimum atomic E-state index is -1.19. The summed E-state index contributed by atoms with van der Waals surface area (Å²) in [5, 5.41) is 9.81. The van der Waals surface area contributed by atoms with Gasteiger partial charge in [0, 0.05) is 11.3 Å². The van der Waals surface area contributed by atoms with Crippen molar-refractivity contribution in [2.75, 3.05) is 7.11 Å². The fourth-order valence-corrected chi connectivity index (χ4v) is 0.411. The molecule has 13 heavy (non-hydrogen) atoms. The molecule has 0 saturated carbocycles. The van der Waals surface area contributed by atoms with E-state index < -0.39 is 17.0 Å². The van der Waals surface area contributed by atoms with Crippen molar-refractivity contribution in [1.82, 2.24) is 0 Å². The first-order valence-corrected chi connectivity index (χ1v) is 4.04. The standard InChI is InChI=1S/C10H16O3/c1-9(2,3)10(4,12)7-6-8(11)13-5/h12H,1-5H3. The largest absolute Gasteiger partial charge is 0.459 e. The van der Waals surface area contributed by atoms with E-state index in [4.69, 9.17) is 0 Å². The van der Waals surface area contributed by atoms with E-state index in [1.807, 2.05) is 20.8 Å². The van der Waals surface area contributed by atoms with Crippen LogP contribution in [-0.4, -0.2) is 23.8 Å². The summed E-state index contributed by atoms with van der Waals surface area (Å²) in [6, 6.07) is 0. The highest BCUT2D eigenvalue weighted by Crippen LogP contribution is 2.28. The SMILES string of the molecule is COC(=O)C#CC(C)(O)C(C)(C)C. The van der Waals surface area contributed by atoms with Crippen molar-refractivity contribution in [2.45, 2.75) is 33.3 Å². The first-order chi connectivity index (χ1) is 5.70. The van der Waals surface area contributed by atoms with Crippen molar-refractivity contribution >= 4 is 5.97 Å². The molecule has 0 aliphatic carbocycles. The molecule has 0 saturated heterocycles. The lowest BCUT2D eigenvalue weighted by atomic mass is 9.78. The molecule has 3 heteroatoms. The molecule has 1 atom stereocenters. The van der Waals surface area contributed by atoms with Crippen LogP contribution in [0.3, 0.4) is 0 Å². The number of carbonyl (C=O) groups excluding carboxylic acids is 1. The summed E-state index contributed by atoms with van der Waals surface area (Å²) in [4.78, 5) is 10.7. The molecule has 0 aliphatic heterocycles. The normalized spacial score (nSPS) is 15.2. The van der Waals surface area contributed by atoms with Gasteiger partial charge >= 0.3 is 5.97 Å². The summed E-state index contributed by atoms with van der Waals surface area (Å²) < 4.78 is 4.33. The lowest BCUT2D eigenvalue weighted by molar-refractivity contribution is -0.133. The Kier molecular flexibility index (Phi) is 3.50. The van der Waals surface area contributed by atoms with Crippen LogP contribution in [0, 0.1) is 17.3 Å². The highest BCUT2D eigenvalue weighted by Gasteiger charge is 2.33. The lowest BCUT2D eigenvalue weighted by Gasteiger charge is -2.32. The topological polar surface area (TPSA) is 46.5 Å². The van der Waals surface area contributed by atoms with E-state index in [1.54, 1.807) is 6.92 Å². The van der Waals surface area contributed by atoms with Crippen molar-refractivity contribution in [3.63, 3.8) is 0 Å². The number of methoxy groups -OCH3 is 1. The Labute approximate surface area is 79.1 Å². The predicted molar refractivity (Wildman–Crippen MR) is 49.9 cm³/mol. The highest BCUT2D eigenvalue weighted by molar-refractivity contribution is 5.88. The predicted octanol–water partition coefficient (Wildman–Crippen LogP) is 0.960. The summed E-state index contributed by atoms with van der Waals surface area (Å²) in [5.74, 6) is 4.06. The van der Waals surface area contributed by atoms with Crippen LogP contribution in [0.1, 0.15) is 27.7 Å². The summed E-state index contributed by atoms with van der Waals surface area (Å²) in [5.41, 5.74) is -1.59. The summed E-state index contributed by atoms with van der Waals surface area (Å²) in [6.07, 6.45) is 0. The fourth-order valence-electron chi connectivity index (χ4n) is 0.411. The molecule has 0 bridgehead atoms. The van der Waals surface area contributed by atoms with Crippen molar-refractivity contribution in [3.05, 3.63) is 0 Å². The van der Waals surface area contributed by atoms with Crippen molar-refractivity contribution in [3.8, 4) is 11.8 Å². The van der Waals surface area contributed by atoms with Gasteiger partial charge in [0.05, 0.1) is 7.11 Å². The minimum absolute atomic E-state index is 0.395. The van der Waals surface area contributed by atoms with E-state index in [0.717, 1.165) is 0 Å². The van der Waals surface area contributed by atoms with Crippen LogP contribution >= 0.6 is 0 Å². The molecule has 0 spiro atoms. The third-order valence-corrected chi connectivity index (χ3v) is 2.05. The van der Waals surface area contributed by atoms with Gasteiger partial charge < -0.3 is 9.84 Å². The quantitative estimate of drug-likeness (QED) is 0.346. The Bertz CT molecular complexity index is 248. The van der Waals surface area contributed by atoms with Gasteiger partial charge in [-0.1, -0.05) is 26.7 Å². The lowest BCUT2D eigenvalue weighted by Crippen LogP contribution is -2.38. The molecule has 0 rings (SSSR count). The van der Waals surface area contributed by atoms with Crippen LogP contribution in [0.5, 0.6) is 0 Å². The highest BCUT2D eigenvalue weighted by atomic mass is 16.5. The van der Waals surface area contributed by atoms with Crippen LogP contribution in [0.15, 0.2) is 0 Å². The van der Waals surface area contributed by atoms with Gasteiger partial charge in [0.15, 0.2) is 0 Å². The monoisotopic (exact) mass is 184 g/mol. The molecule has 0 radical (unpaired) electrons. The number of esters is 1. The molecule has 1 N–H and O–H groups in total. The summed E-state index contributed by atoms with van der Waals surface area (Å²) in [7, 11) is 1.25. The molecule has 0 aromatic heterocycles. The molecular weight excluding hydrogens is 168 g/mol. The number of carbonyl (C=O) groups is 1. The van der Waals surface area contributed by atoms with Gasteiger partial charge in [0.25, 0.3) is 0 Å². The van der Waals surface area contributed by atoms with Crippen molar-refractivity contribution < 1.29 is 14.6 Å². The van der Waals surface area contributed by atoms with Crippen LogP contribution in [-0.2, 0) is 9.53 Å². The molecule has 0 amide bonds. The molecule has 74 valence electrons. The van der Waals surface area contributed by atoms with Crippen molar-refractivity contribution in [2.24, 2.45) is 5.41 Å².